The molecule has 4 rings (SSSR count). The summed E-state index contributed by atoms with van der Waals surface area (Å²) in [5.74, 6) is -1.76. The van der Waals surface area contributed by atoms with Crippen molar-refractivity contribution in [1.82, 2.24) is 0 Å². The standard InChI is InChI=1S/C28H27F3O/c1-3-5-20-11-15-25(28(31)27(20)30)19-8-6-18(7-9-19)24-14-12-21(16-26(24)29)22-10-13-23(4-2)32-17-22/h4,6-9,11-12,14-16,22-23H,2-3,5,10,13,17H2,1H3. The molecule has 0 radical (unpaired) electrons. The van der Waals surface area contributed by atoms with Gasteiger partial charge in [0.05, 0.1) is 12.7 Å². The Morgan fingerprint density at radius 1 is 0.906 bits per heavy atom. The Kier molecular flexibility index (Phi) is 6.80. The first-order valence-electron chi connectivity index (χ1n) is 11.1. The van der Waals surface area contributed by atoms with Gasteiger partial charge in [0.2, 0.25) is 0 Å². The van der Waals surface area contributed by atoms with E-state index in [1.165, 1.54) is 0 Å². The lowest BCUT2D eigenvalue weighted by Gasteiger charge is -2.27. The van der Waals surface area contributed by atoms with E-state index in [0.717, 1.165) is 24.8 Å². The fraction of sp³-hybridized carbons (Fsp3) is 0.286. The molecule has 1 fully saturated rings. The highest BCUT2D eigenvalue weighted by Gasteiger charge is 2.22. The summed E-state index contributed by atoms with van der Waals surface area (Å²) in [6.07, 6.45) is 4.95. The van der Waals surface area contributed by atoms with Crippen LogP contribution in [0.1, 0.15) is 43.2 Å². The third kappa shape index (κ3) is 4.51. The Hall–Kier alpha value is -2.85. The highest BCUT2D eigenvalue weighted by atomic mass is 19.2. The zero-order chi connectivity index (χ0) is 22.7. The van der Waals surface area contributed by atoms with Crippen LogP contribution in [0.5, 0.6) is 0 Å². The molecule has 3 aromatic carbocycles. The first kappa shape index (κ1) is 22.3. The number of hydrogen-bond acceptors (Lipinski definition) is 1. The van der Waals surface area contributed by atoms with Crippen LogP contribution in [0.3, 0.4) is 0 Å². The maximum Gasteiger partial charge on any atom is 0.166 e. The van der Waals surface area contributed by atoms with E-state index in [4.69, 9.17) is 4.74 Å². The lowest BCUT2D eigenvalue weighted by molar-refractivity contribution is 0.0328. The van der Waals surface area contributed by atoms with Gasteiger partial charge in [0.15, 0.2) is 11.6 Å². The lowest BCUT2D eigenvalue weighted by atomic mass is 9.90. The second-order valence-corrected chi connectivity index (χ2v) is 8.35. The van der Waals surface area contributed by atoms with E-state index in [1.54, 1.807) is 48.5 Å². The van der Waals surface area contributed by atoms with E-state index in [2.05, 4.69) is 6.58 Å². The van der Waals surface area contributed by atoms with Crippen LogP contribution < -0.4 is 0 Å². The molecule has 2 atom stereocenters. The number of rotatable bonds is 6. The van der Waals surface area contributed by atoms with Crippen molar-refractivity contribution in [2.75, 3.05) is 6.61 Å². The molecule has 4 heteroatoms. The van der Waals surface area contributed by atoms with E-state index >= 15 is 0 Å². The monoisotopic (exact) mass is 436 g/mol. The van der Waals surface area contributed by atoms with Crippen molar-refractivity contribution < 1.29 is 17.9 Å². The molecule has 0 aliphatic carbocycles. The summed E-state index contributed by atoms with van der Waals surface area (Å²) < 4.78 is 49.6. The largest absolute Gasteiger partial charge is 0.374 e. The molecule has 0 N–H and O–H groups in total. The molecule has 1 heterocycles. The topological polar surface area (TPSA) is 9.23 Å². The van der Waals surface area contributed by atoms with Crippen LogP contribution in [0.15, 0.2) is 67.3 Å². The zero-order valence-electron chi connectivity index (χ0n) is 18.2. The fourth-order valence-corrected chi connectivity index (χ4v) is 4.34. The number of benzene rings is 3. The maximum atomic E-state index is 14.9. The minimum atomic E-state index is -0.840. The van der Waals surface area contributed by atoms with Gasteiger partial charge in [-0.25, -0.2) is 13.2 Å². The molecule has 2 unspecified atom stereocenters. The van der Waals surface area contributed by atoms with Gasteiger partial charge in [-0.15, -0.1) is 6.58 Å². The molecular formula is C28H27F3O. The predicted octanol–water partition coefficient (Wildman–Crippen LogP) is 7.84. The third-order valence-electron chi connectivity index (χ3n) is 6.23. The molecule has 0 amide bonds. The fourth-order valence-electron chi connectivity index (χ4n) is 4.34. The van der Waals surface area contributed by atoms with E-state index in [1.807, 2.05) is 19.1 Å². The van der Waals surface area contributed by atoms with Gasteiger partial charge in [0.1, 0.15) is 5.82 Å². The summed E-state index contributed by atoms with van der Waals surface area (Å²) in [4.78, 5) is 0. The highest BCUT2D eigenvalue weighted by molar-refractivity contribution is 5.71. The molecule has 166 valence electrons. The molecule has 1 aliphatic heterocycles. The average Bonchev–Trinajstić information content (AvgIpc) is 2.82. The van der Waals surface area contributed by atoms with Crippen LogP contribution in [0.2, 0.25) is 0 Å². The summed E-state index contributed by atoms with van der Waals surface area (Å²) in [7, 11) is 0. The van der Waals surface area contributed by atoms with E-state index in [-0.39, 0.29) is 23.4 Å². The molecule has 1 aliphatic rings. The molecule has 0 aromatic heterocycles. The summed E-state index contributed by atoms with van der Waals surface area (Å²) in [5.41, 5.74) is 3.24. The van der Waals surface area contributed by atoms with Crippen LogP contribution in [-0.2, 0) is 11.2 Å². The molecule has 3 aromatic rings. The molecule has 0 spiro atoms. The first-order chi connectivity index (χ1) is 15.5. The van der Waals surface area contributed by atoms with E-state index in [0.29, 0.717) is 35.3 Å². The van der Waals surface area contributed by atoms with Gasteiger partial charge < -0.3 is 4.74 Å². The third-order valence-corrected chi connectivity index (χ3v) is 6.23. The summed E-state index contributed by atoms with van der Waals surface area (Å²) in [6, 6.07) is 15.4. The van der Waals surface area contributed by atoms with Gasteiger partial charge in [-0.3, -0.25) is 0 Å². The number of ether oxygens (including phenoxy) is 1. The van der Waals surface area contributed by atoms with Crippen molar-refractivity contribution in [1.29, 1.82) is 0 Å². The van der Waals surface area contributed by atoms with Crippen LogP contribution in [0.25, 0.3) is 22.3 Å². The van der Waals surface area contributed by atoms with Gasteiger partial charge in [-0.2, -0.15) is 0 Å². The Labute approximate surface area is 187 Å². The quantitative estimate of drug-likeness (QED) is 0.358. The number of aryl methyl sites for hydroxylation is 1. The van der Waals surface area contributed by atoms with E-state index < -0.39 is 11.6 Å². The molecule has 1 nitrogen and oxygen atoms in total. The normalized spacial score (nSPS) is 18.5. The summed E-state index contributed by atoms with van der Waals surface area (Å²) >= 11 is 0. The van der Waals surface area contributed by atoms with Gasteiger partial charge in [-0.05, 0) is 47.6 Å². The Balaban J connectivity index is 1.55. The molecule has 32 heavy (non-hydrogen) atoms. The second-order valence-electron chi connectivity index (χ2n) is 8.35. The van der Waals surface area contributed by atoms with Gasteiger partial charge in [-0.1, -0.05) is 68.0 Å². The minimum absolute atomic E-state index is 0.0787. The van der Waals surface area contributed by atoms with Crippen molar-refractivity contribution in [3.05, 3.63) is 95.8 Å². The Morgan fingerprint density at radius 2 is 1.59 bits per heavy atom. The van der Waals surface area contributed by atoms with Crippen molar-refractivity contribution >= 4 is 0 Å². The van der Waals surface area contributed by atoms with Crippen LogP contribution >= 0.6 is 0 Å². The van der Waals surface area contributed by atoms with Crippen molar-refractivity contribution in [3.63, 3.8) is 0 Å². The molecular weight excluding hydrogens is 409 g/mol. The first-order valence-corrected chi connectivity index (χ1v) is 11.1. The maximum absolute atomic E-state index is 14.9. The average molecular weight is 437 g/mol. The summed E-state index contributed by atoms with van der Waals surface area (Å²) in [5, 5.41) is 0. The van der Waals surface area contributed by atoms with Gasteiger partial charge in [0.25, 0.3) is 0 Å². The Bertz CT molecular complexity index is 1100. The van der Waals surface area contributed by atoms with Crippen molar-refractivity contribution in [2.24, 2.45) is 0 Å². The van der Waals surface area contributed by atoms with Crippen LogP contribution in [-0.4, -0.2) is 12.7 Å². The van der Waals surface area contributed by atoms with Crippen molar-refractivity contribution in [3.8, 4) is 22.3 Å². The lowest BCUT2D eigenvalue weighted by Crippen LogP contribution is -2.23. The number of hydrogen-bond donors (Lipinski definition) is 0. The van der Waals surface area contributed by atoms with Crippen LogP contribution in [0.4, 0.5) is 13.2 Å². The van der Waals surface area contributed by atoms with Gasteiger partial charge >= 0.3 is 0 Å². The highest BCUT2D eigenvalue weighted by Crippen LogP contribution is 2.33. The van der Waals surface area contributed by atoms with Crippen molar-refractivity contribution in [2.45, 2.75) is 44.6 Å². The van der Waals surface area contributed by atoms with E-state index in [9.17, 15) is 13.2 Å². The molecule has 0 bridgehead atoms. The smallest absolute Gasteiger partial charge is 0.166 e. The zero-order valence-corrected chi connectivity index (χ0v) is 18.2. The van der Waals surface area contributed by atoms with Crippen LogP contribution in [0, 0.1) is 17.5 Å². The summed E-state index contributed by atoms with van der Waals surface area (Å²) in [6.45, 7) is 6.25. The second kappa shape index (κ2) is 9.74. The van der Waals surface area contributed by atoms with Gasteiger partial charge in [0, 0.05) is 17.0 Å². The minimum Gasteiger partial charge on any atom is -0.374 e. The number of halogens is 3. The SMILES string of the molecule is C=CC1CCC(c2ccc(-c3ccc(-c4ccc(CCC)c(F)c4F)cc3)c(F)c2)CO1. The predicted molar refractivity (Wildman–Crippen MR) is 123 cm³/mol. The molecule has 0 saturated carbocycles. The Morgan fingerprint density at radius 3 is 2.19 bits per heavy atom. The molecule has 1 saturated heterocycles.